The third-order valence-corrected chi connectivity index (χ3v) is 2.77. The van der Waals surface area contributed by atoms with E-state index < -0.39 is 6.10 Å². The highest BCUT2D eigenvalue weighted by Gasteiger charge is 2.07. The molecule has 0 saturated heterocycles. The SMILES string of the molecule is CC(NC[C@H](O)CO)c1ccc(Br)cc1. The van der Waals surface area contributed by atoms with Gasteiger partial charge in [-0.25, -0.2) is 0 Å². The number of hydrogen-bond acceptors (Lipinski definition) is 3. The van der Waals surface area contributed by atoms with Gasteiger partial charge in [0.1, 0.15) is 0 Å². The summed E-state index contributed by atoms with van der Waals surface area (Å²) < 4.78 is 1.05. The van der Waals surface area contributed by atoms with Crippen LogP contribution in [0.1, 0.15) is 18.5 Å². The second-order valence-corrected chi connectivity index (χ2v) is 4.43. The van der Waals surface area contributed by atoms with E-state index in [0.717, 1.165) is 10.0 Å². The summed E-state index contributed by atoms with van der Waals surface area (Å²) in [6.07, 6.45) is -0.692. The van der Waals surface area contributed by atoms with E-state index in [2.05, 4.69) is 21.2 Å². The van der Waals surface area contributed by atoms with E-state index in [4.69, 9.17) is 5.11 Å². The molecule has 0 spiro atoms. The molecule has 1 rings (SSSR count). The molecule has 1 unspecified atom stereocenters. The van der Waals surface area contributed by atoms with Gasteiger partial charge in [0.15, 0.2) is 0 Å². The Hall–Kier alpha value is -0.420. The highest BCUT2D eigenvalue weighted by Crippen LogP contribution is 2.16. The van der Waals surface area contributed by atoms with Gasteiger partial charge in [0, 0.05) is 17.1 Å². The molecule has 4 heteroatoms. The molecule has 2 atom stereocenters. The molecule has 0 heterocycles. The fraction of sp³-hybridized carbons (Fsp3) is 0.455. The van der Waals surface area contributed by atoms with Crippen LogP contribution >= 0.6 is 15.9 Å². The average molecular weight is 274 g/mol. The number of aliphatic hydroxyl groups excluding tert-OH is 2. The van der Waals surface area contributed by atoms with Gasteiger partial charge in [-0.05, 0) is 24.6 Å². The molecule has 1 aromatic carbocycles. The zero-order valence-corrected chi connectivity index (χ0v) is 10.2. The number of benzene rings is 1. The lowest BCUT2D eigenvalue weighted by atomic mass is 10.1. The van der Waals surface area contributed by atoms with E-state index in [-0.39, 0.29) is 12.6 Å². The van der Waals surface area contributed by atoms with Crippen molar-refractivity contribution >= 4 is 15.9 Å². The summed E-state index contributed by atoms with van der Waals surface area (Å²) in [5.74, 6) is 0. The van der Waals surface area contributed by atoms with Crippen molar-refractivity contribution in [3.63, 3.8) is 0 Å². The van der Waals surface area contributed by atoms with Crippen LogP contribution in [0.4, 0.5) is 0 Å². The summed E-state index contributed by atoms with van der Waals surface area (Å²) in [5.41, 5.74) is 1.16. The summed E-state index contributed by atoms with van der Waals surface area (Å²) in [4.78, 5) is 0. The van der Waals surface area contributed by atoms with Crippen molar-refractivity contribution in [2.75, 3.05) is 13.2 Å². The van der Waals surface area contributed by atoms with Gasteiger partial charge in [-0.3, -0.25) is 0 Å². The van der Waals surface area contributed by atoms with Crippen molar-refractivity contribution in [1.82, 2.24) is 5.32 Å². The third kappa shape index (κ3) is 4.30. The molecule has 0 radical (unpaired) electrons. The van der Waals surface area contributed by atoms with E-state index >= 15 is 0 Å². The van der Waals surface area contributed by atoms with Crippen LogP contribution in [0.5, 0.6) is 0 Å². The molecule has 0 amide bonds. The van der Waals surface area contributed by atoms with Crippen molar-refractivity contribution in [1.29, 1.82) is 0 Å². The molecule has 0 bridgehead atoms. The minimum absolute atomic E-state index is 0.166. The fourth-order valence-corrected chi connectivity index (χ4v) is 1.51. The number of aliphatic hydroxyl groups is 2. The molecule has 0 aliphatic heterocycles. The van der Waals surface area contributed by atoms with Gasteiger partial charge in [0.25, 0.3) is 0 Å². The molecular weight excluding hydrogens is 258 g/mol. The Labute approximate surface area is 98.3 Å². The lowest BCUT2D eigenvalue weighted by Gasteiger charge is -2.16. The van der Waals surface area contributed by atoms with Crippen LogP contribution in [-0.2, 0) is 0 Å². The smallest absolute Gasteiger partial charge is 0.0895 e. The zero-order chi connectivity index (χ0) is 11.3. The van der Waals surface area contributed by atoms with Crippen molar-refractivity contribution in [2.45, 2.75) is 19.1 Å². The Morgan fingerprint density at radius 3 is 2.47 bits per heavy atom. The molecular formula is C11H16BrNO2. The van der Waals surface area contributed by atoms with Gasteiger partial charge in [-0.1, -0.05) is 28.1 Å². The summed E-state index contributed by atoms with van der Waals surface area (Å²) in [6.45, 7) is 2.21. The van der Waals surface area contributed by atoms with Gasteiger partial charge in [-0.2, -0.15) is 0 Å². The van der Waals surface area contributed by atoms with Crippen molar-refractivity contribution in [2.24, 2.45) is 0 Å². The van der Waals surface area contributed by atoms with E-state index in [9.17, 15) is 5.11 Å². The molecule has 0 aliphatic carbocycles. The van der Waals surface area contributed by atoms with E-state index in [1.807, 2.05) is 31.2 Å². The van der Waals surface area contributed by atoms with Crippen molar-refractivity contribution in [3.8, 4) is 0 Å². The maximum Gasteiger partial charge on any atom is 0.0895 e. The van der Waals surface area contributed by atoms with Crippen LogP contribution in [-0.4, -0.2) is 29.5 Å². The summed E-state index contributed by atoms with van der Waals surface area (Å²) >= 11 is 3.37. The summed E-state index contributed by atoms with van der Waals surface area (Å²) in [6, 6.07) is 8.17. The molecule has 1 aromatic rings. The minimum atomic E-state index is -0.692. The van der Waals surface area contributed by atoms with Crippen molar-refractivity contribution in [3.05, 3.63) is 34.3 Å². The van der Waals surface area contributed by atoms with Gasteiger partial charge < -0.3 is 15.5 Å². The summed E-state index contributed by atoms with van der Waals surface area (Å²) in [5, 5.41) is 21.0. The Morgan fingerprint density at radius 1 is 1.33 bits per heavy atom. The van der Waals surface area contributed by atoms with Crippen LogP contribution in [0.3, 0.4) is 0 Å². The normalized spacial score (nSPS) is 14.9. The molecule has 15 heavy (non-hydrogen) atoms. The molecule has 0 fully saturated rings. The van der Waals surface area contributed by atoms with E-state index in [1.165, 1.54) is 0 Å². The first-order valence-corrected chi connectivity index (χ1v) is 5.70. The van der Waals surface area contributed by atoms with Gasteiger partial charge >= 0.3 is 0 Å². The second kappa shape index (κ2) is 6.23. The number of nitrogens with one attached hydrogen (secondary N) is 1. The lowest BCUT2D eigenvalue weighted by molar-refractivity contribution is 0.0924. The highest BCUT2D eigenvalue weighted by molar-refractivity contribution is 9.10. The van der Waals surface area contributed by atoms with Crippen LogP contribution in [0.2, 0.25) is 0 Å². The van der Waals surface area contributed by atoms with Crippen LogP contribution in [0.15, 0.2) is 28.7 Å². The largest absolute Gasteiger partial charge is 0.394 e. The topological polar surface area (TPSA) is 52.5 Å². The standard InChI is InChI=1S/C11H16BrNO2/c1-8(13-6-11(15)7-14)9-2-4-10(12)5-3-9/h2-5,8,11,13-15H,6-7H2,1H3/t8?,11-/m0/s1. The first kappa shape index (κ1) is 12.6. The maximum absolute atomic E-state index is 9.18. The quantitative estimate of drug-likeness (QED) is 0.761. The monoisotopic (exact) mass is 273 g/mol. The van der Waals surface area contributed by atoms with Crippen LogP contribution in [0.25, 0.3) is 0 Å². The first-order chi connectivity index (χ1) is 7.13. The van der Waals surface area contributed by atoms with E-state index in [0.29, 0.717) is 6.54 Å². The number of hydrogen-bond donors (Lipinski definition) is 3. The zero-order valence-electron chi connectivity index (χ0n) is 8.65. The van der Waals surface area contributed by atoms with E-state index in [1.54, 1.807) is 0 Å². The molecule has 84 valence electrons. The fourth-order valence-electron chi connectivity index (χ4n) is 1.25. The first-order valence-electron chi connectivity index (χ1n) is 4.91. The summed E-state index contributed by atoms with van der Waals surface area (Å²) in [7, 11) is 0. The molecule has 3 N–H and O–H groups in total. The minimum Gasteiger partial charge on any atom is -0.394 e. The Morgan fingerprint density at radius 2 is 1.93 bits per heavy atom. The maximum atomic E-state index is 9.18. The molecule has 3 nitrogen and oxygen atoms in total. The predicted molar refractivity (Wildman–Crippen MR) is 63.7 cm³/mol. The third-order valence-electron chi connectivity index (χ3n) is 2.24. The van der Waals surface area contributed by atoms with Gasteiger partial charge in [0.2, 0.25) is 0 Å². The Bertz CT molecular complexity index is 289. The Balaban J connectivity index is 2.46. The van der Waals surface area contributed by atoms with Crippen LogP contribution < -0.4 is 5.32 Å². The van der Waals surface area contributed by atoms with Crippen molar-refractivity contribution < 1.29 is 10.2 Å². The molecule has 0 aliphatic rings. The number of rotatable bonds is 5. The van der Waals surface area contributed by atoms with Gasteiger partial charge in [-0.15, -0.1) is 0 Å². The lowest BCUT2D eigenvalue weighted by Crippen LogP contribution is -2.31. The van der Waals surface area contributed by atoms with Gasteiger partial charge in [0.05, 0.1) is 12.7 Å². The number of halogens is 1. The Kier molecular flexibility index (Phi) is 5.25. The van der Waals surface area contributed by atoms with Crippen LogP contribution in [0, 0.1) is 0 Å². The highest BCUT2D eigenvalue weighted by atomic mass is 79.9. The molecule has 0 aromatic heterocycles. The average Bonchev–Trinajstić information content (AvgIpc) is 2.26. The second-order valence-electron chi connectivity index (χ2n) is 3.52. The molecule has 0 saturated carbocycles. The predicted octanol–water partition coefficient (Wildman–Crippen LogP) is 1.45.